The molecule has 6 rings (SSSR count). The van der Waals surface area contributed by atoms with Gasteiger partial charge >= 0.3 is 0 Å². The number of hydrogen-bond donors (Lipinski definition) is 1. The second-order valence-corrected chi connectivity index (χ2v) is 11.7. The molecule has 12 heteroatoms. The summed E-state index contributed by atoms with van der Waals surface area (Å²) in [5.41, 5.74) is 8.42. The molecule has 0 atom stereocenters. The molecule has 2 aliphatic heterocycles. The number of carbonyl (C=O) groups is 1. The number of aryl methyl sites for hydroxylation is 1. The van der Waals surface area contributed by atoms with E-state index in [4.69, 9.17) is 10.5 Å². The first-order valence-electron chi connectivity index (χ1n) is 12.2. The Hall–Kier alpha value is -4.03. The second kappa shape index (κ2) is 9.02. The minimum absolute atomic E-state index is 0.0799. The Balaban J connectivity index is 1.51. The Morgan fingerprint density at radius 3 is 2.64 bits per heavy atom. The monoisotopic (exact) mass is 551 g/mol. The fourth-order valence-corrected chi connectivity index (χ4v) is 6.86. The molecule has 4 aromatic rings. The first-order chi connectivity index (χ1) is 18.5. The van der Waals surface area contributed by atoms with Crippen LogP contribution in [0.4, 0.5) is 20.3 Å². The number of nitrogens with two attached hydrogens (primary N) is 1. The smallest absolute Gasteiger partial charge is 0.275 e. The van der Waals surface area contributed by atoms with Crippen LogP contribution >= 0.6 is 0 Å². The zero-order valence-electron chi connectivity index (χ0n) is 20.8. The third kappa shape index (κ3) is 4.29. The summed E-state index contributed by atoms with van der Waals surface area (Å²) in [6.45, 7) is 2.31. The summed E-state index contributed by atoms with van der Waals surface area (Å²) in [5.74, 6) is -3.94. The third-order valence-corrected chi connectivity index (χ3v) is 8.88. The summed E-state index contributed by atoms with van der Waals surface area (Å²) in [6.07, 6.45) is 1.82. The maximum Gasteiger partial charge on any atom is 0.275 e. The first-order valence-corrected chi connectivity index (χ1v) is 13.8. The Morgan fingerprint density at radius 1 is 1.13 bits per heavy atom. The van der Waals surface area contributed by atoms with Gasteiger partial charge in [0.05, 0.1) is 47.2 Å². The number of amides is 1. The fraction of sp³-hybridized carbons (Fsp3) is 0.259. The number of fused-ring (bicyclic) bond motifs is 4. The summed E-state index contributed by atoms with van der Waals surface area (Å²) in [7, 11) is -4.10. The van der Waals surface area contributed by atoms with Gasteiger partial charge < -0.3 is 15.4 Å². The van der Waals surface area contributed by atoms with Gasteiger partial charge in [0, 0.05) is 35.3 Å². The number of aromatic nitrogens is 3. The van der Waals surface area contributed by atoms with E-state index < -0.39 is 44.3 Å². The minimum atomic E-state index is -4.10. The maximum atomic E-state index is 14.9. The molecule has 2 aliphatic rings. The Kier molecular flexibility index (Phi) is 5.84. The first kappa shape index (κ1) is 25.3. The van der Waals surface area contributed by atoms with Gasteiger partial charge in [-0.15, -0.1) is 0 Å². The van der Waals surface area contributed by atoms with Crippen molar-refractivity contribution in [3.05, 3.63) is 82.4 Å². The lowest BCUT2D eigenvalue weighted by molar-refractivity contribution is -0.0126. The number of pyridine rings is 1. The Labute approximate surface area is 222 Å². The molecule has 0 fully saturated rings. The van der Waals surface area contributed by atoms with Crippen molar-refractivity contribution in [1.29, 1.82) is 0 Å². The van der Waals surface area contributed by atoms with Crippen LogP contribution in [0.1, 0.15) is 44.9 Å². The summed E-state index contributed by atoms with van der Waals surface area (Å²) >= 11 is 0. The highest BCUT2D eigenvalue weighted by atomic mass is 32.2. The Morgan fingerprint density at radius 2 is 1.87 bits per heavy atom. The number of nitrogens with zero attached hydrogens (tertiary/aromatic N) is 4. The van der Waals surface area contributed by atoms with Gasteiger partial charge in [0.25, 0.3) is 11.8 Å². The van der Waals surface area contributed by atoms with E-state index in [0.717, 1.165) is 22.6 Å². The minimum Gasteiger partial charge on any atom is -0.383 e. The van der Waals surface area contributed by atoms with E-state index in [9.17, 15) is 22.0 Å². The number of halogens is 2. The highest BCUT2D eigenvalue weighted by Gasteiger charge is 2.45. The molecule has 9 nitrogen and oxygen atoms in total. The van der Waals surface area contributed by atoms with Gasteiger partial charge in [0.1, 0.15) is 11.6 Å². The van der Waals surface area contributed by atoms with Crippen LogP contribution in [0.15, 0.2) is 53.7 Å². The molecule has 0 aliphatic carbocycles. The number of sulfone groups is 1. The second-order valence-electron chi connectivity index (χ2n) is 9.64. The number of rotatable bonds is 4. The molecule has 0 saturated heterocycles. The molecular formula is C27H23F2N5O4S. The summed E-state index contributed by atoms with van der Waals surface area (Å²) < 4.78 is 61.6. The quantitative estimate of drug-likeness (QED) is 0.402. The van der Waals surface area contributed by atoms with E-state index in [0.29, 0.717) is 35.9 Å². The van der Waals surface area contributed by atoms with E-state index in [1.54, 1.807) is 19.1 Å². The lowest BCUT2D eigenvalue weighted by Gasteiger charge is -2.31. The van der Waals surface area contributed by atoms with Crippen molar-refractivity contribution in [1.82, 2.24) is 15.0 Å². The van der Waals surface area contributed by atoms with Crippen molar-refractivity contribution >= 4 is 38.2 Å². The van der Waals surface area contributed by atoms with Crippen molar-refractivity contribution < 1.29 is 26.7 Å². The van der Waals surface area contributed by atoms with Crippen molar-refractivity contribution in [2.45, 2.75) is 43.9 Å². The van der Waals surface area contributed by atoms with Crippen LogP contribution < -0.4 is 10.6 Å². The predicted octanol–water partition coefficient (Wildman–Crippen LogP) is 4.06. The lowest BCUT2D eigenvalue weighted by Crippen LogP contribution is -2.35. The van der Waals surface area contributed by atoms with Crippen LogP contribution in [0.3, 0.4) is 0 Å². The molecule has 1 amide bonds. The topological polar surface area (TPSA) is 128 Å². The van der Waals surface area contributed by atoms with Crippen LogP contribution in [0.5, 0.6) is 0 Å². The number of nitrogen functional groups attached to an aromatic ring is 1. The SMILES string of the molecule is Cc1ncc(C(=O)N(Cc2ccc3c4c(c(N)nc3c2)COC4)c2cccc3c2S(=O)(=O)CCC3(F)F)cn1. The van der Waals surface area contributed by atoms with E-state index in [1.807, 2.05) is 6.07 Å². The van der Waals surface area contributed by atoms with Gasteiger partial charge in [-0.3, -0.25) is 4.79 Å². The van der Waals surface area contributed by atoms with Crippen LogP contribution in [0, 0.1) is 6.92 Å². The summed E-state index contributed by atoms with van der Waals surface area (Å²) in [5, 5.41) is 0.851. The molecule has 4 heterocycles. The highest BCUT2D eigenvalue weighted by Crippen LogP contribution is 2.45. The average Bonchev–Trinajstić information content (AvgIpc) is 3.41. The van der Waals surface area contributed by atoms with E-state index >= 15 is 0 Å². The fourth-order valence-electron chi connectivity index (χ4n) is 5.08. The van der Waals surface area contributed by atoms with Gasteiger partial charge in [-0.05, 0) is 30.2 Å². The number of hydrogen-bond acceptors (Lipinski definition) is 8. The number of anilines is 2. The maximum absolute atomic E-state index is 14.9. The van der Waals surface area contributed by atoms with Crippen LogP contribution in [-0.4, -0.2) is 35.0 Å². The van der Waals surface area contributed by atoms with Gasteiger partial charge in [0.15, 0.2) is 9.84 Å². The van der Waals surface area contributed by atoms with Crippen LogP contribution in [-0.2, 0) is 40.3 Å². The molecule has 2 aromatic heterocycles. The van der Waals surface area contributed by atoms with Crippen molar-refractivity contribution in [3.8, 4) is 0 Å². The zero-order valence-corrected chi connectivity index (χ0v) is 21.6. The average molecular weight is 552 g/mol. The van der Waals surface area contributed by atoms with E-state index in [2.05, 4.69) is 15.0 Å². The van der Waals surface area contributed by atoms with Crippen molar-refractivity contribution in [2.75, 3.05) is 16.4 Å². The van der Waals surface area contributed by atoms with Crippen LogP contribution in [0.25, 0.3) is 10.9 Å². The molecule has 0 spiro atoms. The van der Waals surface area contributed by atoms with Gasteiger partial charge in [-0.2, -0.15) is 0 Å². The van der Waals surface area contributed by atoms with Gasteiger partial charge in [-0.1, -0.05) is 24.3 Å². The molecule has 200 valence electrons. The predicted molar refractivity (Wildman–Crippen MR) is 139 cm³/mol. The normalized spacial score (nSPS) is 17.0. The van der Waals surface area contributed by atoms with E-state index in [1.165, 1.54) is 29.4 Å². The molecular weight excluding hydrogens is 528 g/mol. The van der Waals surface area contributed by atoms with Crippen LogP contribution in [0.2, 0.25) is 0 Å². The number of carbonyl (C=O) groups excluding carboxylic acids is 1. The van der Waals surface area contributed by atoms with Gasteiger partial charge in [-0.25, -0.2) is 32.2 Å². The Bertz CT molecular complexity index is 1760. The highest BCUT2D eigenvalue weighted by molar-refractivity contribution is 7.91. The largest absolute Gasteiger partial charge is 0.383 e. The lowest BCUT2D eigenvalue weighted by atomic mass is 10.0. The summed E-state index contributed by atoms with van der Waals surface area (Å²) in [6, 6.07) is 9.16. The number of benzene rings is 2. The molecule has 0 bridgehead atoms. The van der Waals surface area contributed by atoms with Crippen molar-refractivity contribution in [3.63, 3.8) is 0 Å². The molecule has 2 aromatic carbocycles. The van der Waals surface area contributed by atoms with E-state index in [-0.39, 0.29) is 17.8 Å². The zero-order chi connectivity index (χ0) is 27.5. The summed E-state index contributed by atoms with van der Waals surface area (Å²) in [4.78, 5) is 27.1. The molecule has 0 radical (unpaired) electrons. The number of alkyl halides is 2. The molecule has 39 heavy (non-hydrogen) atoms. The van der Waals surface area contributed by atoms with Crippen molar-refractivity contribution in [2.24, 2.45) is 0 Å². The molecule has 0 saturated carbocycles. The number of ether oxygens (including phenoxy) is 1. The molecule has 0 unspecified atom stereocenters. The third-order valence-electron chi connectivity index (χ3n) is 7.08. The standard InChI is InChI=1S/C27H23F2N5O4S/c1-15-31-10-17(11-32-15)26(35)34(23-4-2-3-21-24(23)39(36,37)8-7-27(21,28)29)12-16-5-6-18-19-13-38-14-20(19)25(30)33-22(18)9-16/h2-6,9-11H,7-8,12-14H2,1H3,(H2,30,33). The van der Waals surface area contributed by atoms with Gasteiger partial charge in [0.2, 0.25) is 0 Å². The molecule has 2 N–H and O–H groups in total.